The highest BCUT2D eigenvalue weighted by atomic mass is 15.1. The van der Waals surface area contributed by atoms with Gasteiger partial charge in [-0.1, -0.05) is 60.7 Å². The van der Waals surface area contributed by atoms with E-state index < -0.39 is 0 Å². The summed E-state index contributed by atoms with van der Waals surface area (Å²) in [4.78, 5) is 4.10. The van der Waals surface area contributed by atoms with Crippen LogP contribution in [0, 0.1) is 6.92 Å². The number of benzene rings is 2. The Hall–Kier alpha value is -2.55. The second-order valence-corrected chi connectivity index (χ2v) is 5.79. The summed E-state index contributed by atoms with van der Waals surface area (Å²) in [6.45, 7) is 6.31. The predicted octanol–water partition coefficient (Wildman–Crippen LogP) is 5.02. The average molecular weight is 314 g/mol. The summed E-state index contributed by atoms with van der Waals surface area (Å²) in [6, 6.07) is 20.8. The van der Waals surface area contributed by atoms with Gasteiger partial charge in [0.05, 0.1) is 0 Å². The Bertz CT molecular complexity index is 717. The van der Waals surface area contributed by atoms with Crippen LogP contribution in [0.3, 0.4) is 0 Å². The molecule has 0 N–H and O–H groups in total. The van der Waals surface area contributed by atoms with E-state index in [-0.39, 0.29) is 0 Å². The van der Waals surface area contributed by atoms with E-state index in [4.69, 9.17) is 7.85 Å². The monoisotopic (exact) mass is 314 g/mol. The maximum absolute atomic E-state index is 5.67. The predicted molar refractivity (Wildman–Crippen MR) is 103 cm³/mol. The van der Waals surface area contributed by atoms with Gasteiger partial charge in [-0.05, 0) is 37.5 Å². The minimum atomic E-state index is 0.535. The van der Waals surface area contributed by atoms with Crippen molar-refractivity contribution in [2.45, 2.75) is 26.8 Å². The van der Waals surface area contributed by atoms with Crippen molar-refractivity contribution in [3.05, 3.63) is 96.0 Å². The lowest BCUT2D eigenvalue weighted by Gasteiger charge is -2.07. The van der Waals surface area contributed by atoms with Crippen molar-refractivity contribution in [1.82, 2.24) is 9.55 Å². The van der Waals surface area contributed by atoms with Crippen molar-refractivity contribution in [2.75, 3.05) is 0 Å². The normalized spacial score (nSPS) is 10.0. The number of imidazole rings is 1. The van der Waals surface area contributed by atoms with E-state index in [1.807, 2.05) is 55.7 Å². The Kier molecular flexibility index (Phi) is 6.62. The fourth-order valence-corrected chi connectivity index (χ4v) is 2.53. The highest BCUT2D eigenvalue weighted by molar-refractivity contribution is 6.21. The minimum Gasteiger partial charge on any atom is -0.333 e. The summed E-state index contributed by atoms with van der Waals surface area (Å²) in [5.41, 5.74) is 3.36. The zero-order valence-corrected chi connectivity index (χ0v) is 14.6. The Morgan fingerprint density at radius 2 is 1.46 bits per heavy atom. The highest BCUT2D eigenvalue weighted by Gasteiger charge is 2.01. The first-order valence-corrected chi connectivity index (χ1v) is 8.15. The summed E-state index contributed by atoms with van der Waals surface area (Å²) < 4.78 is 2.14. The molecule has 1 aromatic heterocycles. The van der Waals surface area contributed by atoms with Gasteiger partial charge >= 0.3 is 0 Å². The molecule has 0 aliphatic rings. The van der Waals surface area contributed by atoms with Crippen LogP contribution >= 0.6 is 0 Å². The van der Waals surface area contributed by atoms with Crippen LogP contribution in [-0.2, 0) is 0 Å². The van der Waals surface area contributed by atoms with Crippen LogP contribution in [0.4, 0.5) is 0 Å². The van der Waals surface area contributed by atoms with E-state index in [0.29, 0.717) is 6.04 Å². The number of hydrogen-bond donors (Lipinski definition) is 0. The van der Waals surface area contributed by atoms with E-state index in [0.717, 1.165) is 22.5 Å². The van der Waals surface area contributed by atoms with Gasteiger partial charge in [-0.2, -0.15) is 0 Å². The largest absolute Gasteiger partial charge is 0.333 e. The van der Waals surface area contributed by atoms with Crippen LogP contribution in [0.15, 0.2) is 79.0 Å². The SMILES string of the molecule is Cc1nccn1C(C)C.[B]C=C(c1ccccc1)c1ccccc1. The summed E-state index contributed by atoms with van der Waals surface area (Å²) in [5.74, 6) is 2.75. The molecule has 2 aromatic carbocycles. The van der Waals surface area contributed by atoms with Gasteiger partial charge in [0.15, 0.2) is 0 Å². The molecule has 0 unspecified atom stereocenters. The first kappa shape index (κ1) is 17.8. The zero-order chi connectivity index (χ0) is 17.4. The first-order chi connectivity index (χ1) is 11.6. The number of hydrogen-bond acceptors (Lipinski definition) is 1. The minimum absolute atomic E-state index is 0.535. The molecule has 0 fully saturated rings. The molecule has 3 aromatic rings. The summed E-state index contributed by atoms with van der Waals surface area (Å²) in [5, 5.41) is 0. The van der Waals surface area contributed by atoms with Crippen molar-refractivity contribution < 1.29 is 0 Å². The zero-order valence-electron chi connectivity index (χ0n) is 14.6. The van der Waals surface area contributed by atoms with Gasteiger partial charge in [0.1, 0.15) is 13.7 Å². The lowest BCUT2D eigenvalue weighted by atomic mass is 9.92. The van der Waals surface area contributed by atoms with Crippen LogP contribution in [0.25, 0.3) is 5.57 Å². The van der Waals surface area contributed by atoms with Gasteiger partial charge in [0.2, 0.25) is 0 Å². The van der Waals surface area contributed by atoms with Crippen LogP contribution in [0.5, 0.6) is 0 Å². The van der Waals surface area contributed by atoms with E-state index in [1.54, 1.807) is 5.98 Å². The Morgan fingerprint density at radius 3 is 1.75 bits per heavy atom. The third-order valence-electron chi connectivity index (χ3n) is 3.75. The summed E-state index contributed by atoms with van der Waals surface area (Å²) >= 11 is 0. The molecule has 2 radical (unpaired) electrons. The molecule has 3 heteroatoms. The molecule has 1 heterocycles. The first-order valence-electron chi connectivity index (χ1n) is 8.15. The van der Waals surface area contributed by atoms with Gasteiger partial charge < -0.3 is 4.57 Å². The van der Waals surface area contributed by atoms with Crippen molar-refractivity contribution in [3.8, 4) is 0 Å². The fraction of sp³-hybridized carbons (Fsp3) is 0.190. The van der Waals surface area contributed by atoms with Gasteiger partial charge in [0, 0.05) is 18.4 Å². The molecular weight excluding hydrogens is 291 g/mol. The molecule has 0 saturated heterocycles. The number of aryl methyl sites for hydroxylation is 1. The molecule has 0 amide bonds. The van der Waals surface area contributed by atoms with E-state index >= 15 is 0 Å². The molecule has 0 aliphatic carbocycles. The molecule has 0 saturated carbocycles. The molecule has 2 nitrogen and oxygen atoms in total. The van der Waals surface area contributed by atoms with Crippen molar-refractivity contribution >= 4 is 13.4 Å². The summed E-state index contributed by atoms with van der Waals surface area (Å²) in [7, 11) is 5.67. The van der Waals surface area contributed by atoms with Crippen molar-refractivity contribution in [1.29, 1.82) is 0 Å². The van der Waals surface area contributed by atoms with Gasteiger partial charge in [0.25, 0.3) is 0 Å². The molecule has 0 spiro atoms. The Balaban J connectivity index is 0.000000198. The second kappa shape index (κ2) is 8.92. The van der Waals surface area contributed by atoms with Crippen LogP contribution < -0.4 is 0 Å². The maximum atomic E-state index is 5.67. The second-order valence-electron chi connectivity index (χ2n) is 5.79. The molecule has 0 bridgehead atoms. The van der Waals surface area contributed by atoms with E-state index in [9.17, 15) is 0 Å². The molecule has 120 valence electrons. The smallest absolute Gasteiger partial charge is 0.105 e. The molecule has 0 atom stereocenters. The van der Waals surface area contributed by atoms with Crippen molar-refractivity contribution in [2.24, 2.45) is 0 Å². The van der Waals surface area contributed by atoms with Crippen LogP contribution in [0.2, 0.25) is 0 Å². The van der Waals surface area contributed by atoms with E-state index in [1.165, 1.54) is 0 Å². The topological polar surface area (TPSA) is 17.8 Å². The number of aromatic nitrogens is 2. The third kappa shape index (κ3) is 4.72. The highest BCUT2D eigenvalue weighted by Crippen LogP contribution is 2.21. The Morgan fingerprint density at radius 1 is 0.958 bits per heavy atom. The standard InChI is InChI=1S/C14H11B.C7H12N2/c15-11-14(12-7-3-1-4-8-12)13-9-5-2-6-10-13;1-6(2)9-5-4-8-7(9)3/h1-11H;4-6H,1-3H3. The molecule has 3 rings (SSSR count). The van der Waals surface area contributed by atoms with Gasteiger partial charge in [-0.3, -0.25) is 0 Å². The third-order valence-corrected chi connectivity index (χ3v) is 3.75. The maximum Gasteiger partial charge on any atom is 0.105 e. The van der Waals surface area contributed by atoms with Crippen LogP contribution in [0.1, 0.15) is 36.8 Å². The van der Waals surface area contributed by atoms with Gasteiger partial charge in [-0.15, -0.1) is 5.98 Å². The number of rotatable bonds is 3. The lowest BCUT2D eigenvalue weighted by molar-refractivity contribution is 0.582. The quantitative estimate of drug-likeness (QED) is 0.621. The molecule has 0 aliphatic heterocycles. The molecule has 24 heavy (non-hydrogen) atoms. The molecular formula is C21H23BN2. The Labute approximate surface area is 146 Å². The lowest BCUT2D eigenvalue weighted by Crippen LogP contribution is -2.00. The fourth-order valence-electron chi connectivity index (χ4n) is 2.53. The van der Waals surface area contributed by atoms with Crippen LogP contribution in [-0.4, -0.2) is 17.4 Å². The van der Waals surface area contributed by atoms with Gasteiger partial charge in [-0.25, -0.2) is 4.98 Å². The van der Waals surface area contributed by atoms with Crippen molar-refractivity contribution in [3.63, 3.8) is 0 Å². The van der Waals surface area contributed by atoms with E-state index in [2.05, 4.69) is 47.7 Å². The summed E-state index contributed by atoms with van der Waals surface area (Å²) in [6.07, 6.45) is 3.83. The average Bonchev–Trinajstić information content (AvgIpc) is 3.04. The number of nitrogens with zero attached hydrogens (tertiary/aromatic N) is 2.